The Bertz CT molecular complexity index is 351. The van der Waals surface area contributed by atoms with Crippen LogP contribution in [0.5, 0.6) is 5.75 Å². The van der Waals surface area contributed by atoms with Crippen LogP contribution in [0.2, 0.25) is 5.02 Å². The average Bonchev–Trinajstić information content (AvgIpc) is 2.15. The van der Waals surface area contributed by atoms with E-state index in [4.69, 9.17) is 16.7 Å². The topological polar surface area (TPSA) is 66.8 Å². The number of ether oxygens (including phenoxy) is 1. The summed E-state index contributed by atoms with van der Waals surface area (Å²) in [6, 6.07) is 3.93. The number of phenols is 1. The quantitative estimate of drug-likeness (QED) is 0.731. The molecule has 1 unspecified atom stereocenters. The molecule has 0 bridgehead atoms. The number of methoxy groups -OCH3 is 1. The van der Waals surface area contributed by atoms with Gasteiger partial charge in [-0.1, -0.05) is 17.7 Å². The molecule has 76 valence electrons. The van der Waals surface area contributed by atoms with E-state index in [1.54, 1.807) is 0 Å². The zero-order chi connectivity index (χ0) is 10.7. The summed E-state index contributed by atoms with van der Waals surface area (Å²) in [6.45, 7) is 0. The molecule has 0 spiro atoms. The van der Waals surface area contributed by atoms with E-state index in [-0.39, 0.29) is 16.3 Å². The summed E-state index contributed by atoms with van der Waals surface area (Å²) in [4.78, 5) is 11.0. The molecular weight excluding hydrogens is 208 g/mol. The van der Waals surface area contributed by atoms with E-state index >= 15 is 0 Å². The summed E-state index contributed by atoms with van der Waals surface area (Å²) < 4.78 is 4.34. The predicted molar refractivity (Wildman–Crippen MR) is 50.1 cm³/mol. The molecule has 0 aliphatic rings. The maximum absolute atomic E-state index is 11.0. The first-order chi connectivity index (χ1) is 6.56. The number of esters is 1. The average molecular weight is 217 g/mol. The number of hydrogen-bond donors (Lipinski definition) is 2. The number of halogens is 1. The monoisotopic (exact) mass is 216 g/mol. The van der Waals surface area contributed by atoms with E-state index in [1.807, 2.05) is 0 Å². The Balaban J connectivity index is 3.01. The lowest BCUT2D eigenvalue weighted by Gasteiger charge is -2.10. The van der Waals surface area contributed by atoms with Crippen LogP contribution in [0.1, 0.15) is 11.7 Å². The summed E-state index contributed by atoms with van der Waals surface area (Å²) >= 11 is 5.70. The second-order valence-corrected chi connectivity index (χ2v) is 3.04. The highest BCUT2D eigenvalue weighted by Crippen LogP contribution is 2.27. The second-order valence-electron chi connectivity index (χ2n) is 2.63. The van der Waals surface area contributed by atoms with Crippen LogP contribution in [-0.4, -0.2) is 23.3 Å². The fraction of sp³-hybridized carbons (Fsp3) is 0.222. The highest BCUT2D eigenvalue weighted by atomic mass is 35.5. The number of benzene rings is 1. The Morgan fingerprint density at radius 2 is 2.21 bits per heavy atom. The van der Waals surface area contributed by atoms with Gasteiger partial charge in [-0.05, 0) is 12.1 Å². The first-order valence-corrected chi connectivity index (χ1v) is 4.18. The second kappa shape index (κ2) is 4.30. The number of rotatable bonds is 2. The lowest BCUT2D eigenvalue weighted by molar-refractivity contribution is -0.150. The molecule has 1 rings (SSSR count). The van der Waals surface area contributed by atoms with Gasteiger partial charge in [0.25, 0.3) is 0 Å². The lowest BCUT2D eigenvalue weighted by atomic mass is 10.1. The van der Waals surface area contributed by atoms with Gasteiger partial charge in [-0.15, -0.1) is 0 Å². The Labute approximate surface area is 85.7 Å². The minimum absolute atomic E-state index is 0.0317. The van der Waals surface area contributed by atoms with Gasteiger partial charge >= 0.3 is 5.97 Å². The number of aliphatic hydroxyl groups is 1. The van der Waals surface area contributed by atoms with Gasteiger partial charge in [0, 0.05) is 5.56 Å². The Kier molecular flexibility index (Phi) is 3.33. The molecule has 1 aromatic rings. The van der Waals surface area contributed by atoms with E-state index in [9.17, 15) is 9.90 Å². The zero-order valence-corrected chi connectivity index (χ0v) is 8.15. The predicted octanol–water partition coefficient (Wildman–Crippen LogP) is 1.25. The van der Waals surface area contributed by atoms with Crippen molar-refractivity contribution in [3.8, 4) is 5.75 Å². The van der Waals surface area contributed by atoms with E-state index in [2.05, 4.69) is 4.74 Å². The normalized spacial score (nSPS) is 12.2. The molecule has 0 saturated carbocycles. The minimum atomic E-state index is -1.42. The van der Waals surface area contributed by atoms with Crippen molar-refractivity contribution in [1.29, 1.82) is 0 Å². The standard InChI is InChI=1S/C9H9ClO4/c1-14-9(13)8(12)6-3-2-5(11)4-7(6)10/h2-4,8,11-12H,1H3. The van der Waals surface area contributed by atoms with Crippen LogP contribution in [0.4, 0.5) is 0 Å². The van der Waals surface area contributed by atoms with Gasteiger partial charge < -0.3 is 14.9 Å². The van der Waals surface area contributed by atoms with Crippen molar-refractivity contribution in [2.75, 3.05) is 7.11 Å². The first kappa shape index (κ1) is 10.8. The number of hydrogen-bond acceptors (Lipinski definition) is 4. The van der Waals surface area contributed by atoms with Gasteiger partial charge in [0.15, 0.2) is 6.10 Å². The summed E-state index contributed by atoms with van der Waals surface area (Å²) in [6.07, 6.45) is -1.42. The molecule has 2 N–H and O–H groups in total. The molecule has 0 aliphatic heterocycles. The van der Waals surface area contributed by atoms with Gasteiger partial charge in [0.05, 0.1) is 12.1 Å². The first-order valence-electron chi connectivity index (χ1n) is 3.80. The van der Waals surface area contributed by atoms with Crippen molar-refractivity contribution in [3.63, 3.8) is 0 Å². The third-order valence-electron chi connectivity index (χ3n) is 1.70. The number of carbonyl (C=O) groups is 1. The largest absolute Gasteiger partial charge is 0.508 e. The molecule has 0 aliphatic carbocycles. The maximum Gasteiger partial charge on any atom is 0.339 e. The fourth-order valence-corrected chi connectivity index (χ4v) is 1.25. The van der Waals surface area contributed by atoms with Crippen LogP contribution in [0.3, 0.4) is 0 Å². The van der Waals surface area contributed by atoms with Gasteiger partial charge in [0.2, 0.25) is 0 Å². The summed E-state index contributed by atoms with van der Waals surface area (Å²) in [7, 11) is 1.17. The summed E-state index contributed by atoms with van der Waals surface area (Å²) in [5.41, 5.74) is 0.205. The zero-order valence-electron chi connectivity index (χ0n) is 7.40. The van der Waals surface area contributed by atoms with E-state index in [0.717, 1.165) is 0 Å². The Hall–Kier alpha value is -1.26. The van der Waals surface area contributed by atoms with Crippen LogP contribution in [0.15, 0.2) is 18.2 Å². The van der Waals surface area contributed by atoms with Crippen molar-refractivity contribution < 1.29 is 19.7 Å². The smallest absolute Gasteiger partial charge is 0.339 e. The lowest BCUT2D eigenvalue weighted by Crippen LogP contribution is -2.13. The van der Waals surface area contributed by atoms with Crippen molar-refractivity contribution >= 4 is 17.6 Å². The Morgan fingerprint density at radius 3 is 2.71 bits per heavy atom. The fourth-order valence-electron chi connectivity index (χ4n) is 0.976. The molecule has 5 heteroatoms. The van der Waals surface area contributed by atoms with E-state index in [1.165, 1.54) is 25.3 Å². The highest BCUT2D eigenvalue weighted by Gasteiger charge is 2.20. The molecule has 0 aromatic heterocycles. The molecule has 0 saturated heterocycles. The number of aromatic hydroxyl groups is 1. The molecule has 1 atom stereocenters. The van der Waals surface area contributed by atoms with Crippen LogP contribution in [-0.2, 0) is 9.53 Å². The van der Waals surface area contributed by atoms with Crippen LogP contribution in [0, 0.1) is 0 Å². The third-order valence-corrected chi connectivity index (χ3v) is 2.03. The third kappa shape index (κ3) is 2.16. The molecule has 0 radical (unpaired) electrons. The molecule has 0 amide bonds. The highest BCUT2D eigenvalue weighted by molar-refractivity contribution is 6.31. The van der Waals surface area contributed by atoms with Gasteiger partial charge in [0.1, 0.15) is 5.75 Å². The molecular formula is C9H9ClO4. The van der Waals surface area contributed by atoms with Crippen molar-refractivity contribution in [3.05, 3.63) is 28.8 Å². The van der Waals surface area contributed by atoms with Crippen molar-refractivity contribution in [2.45, 2.75) is 6.10 Å². The molecule has 4 nitrogen and oxygen atoms in total. The van der Waals surface area contributed by atoms with Crippen molar-refractivity contribution in [2.24, 2.45) is 0 Å². The van der Waals surface area contributed by atoms with Crippen LogP contribution in [0.25, 0.3) is 0 Å². The Morgan fingerprint density at radius 1 is 1.57 bits per heavy atom. The molecule has 0 heterocycles. The van der Waals surface area contributed by atoms with Crippen LogP contribution >= 0.6 is 11.6 Å². The maximum atomic E-state index is 11.0. The van der Waals surface area contributed by atoms with Crippen molar-refractivity contribution in [1.82, 2.24) is 0 Å². The van der Waals surface area contributed by atoms with E-state index < -0.39 is 12.1 Å². The van der Waals surface area contributed by atoms with Gasteiger partial charge in [-0.3, -0.25) is 0 Å². The molecule has 0 fully saturated rings. The SMILES string of the molecule is COC(=O)C(O)c1ccc(O)cc1Cl. The summed E-state index contributed by atoms with van der Waals surface area (Å²) in [5, 5.41) is 18.6. The summed E-state index contributed by atoms with van der Waals surface area (Å²) in [5.74, 6) is -0.826. The van der Waals surface area contributed by atoms with E-state index in [0.29, 0.717) is 0 Å². The number of phenolic OH excluding ortho intramolecular Hbond substituents is 1. The van der Waals surface area contributed by atoms with Gasteiger partial charge in [-0.25, -0.2) is 4.79 Å². The van der Waals surface area contributed by atoms with Gasteiger partial charge in [-0.2, -0.15) is 0 Å². The minimum Gasteiger partial charge on any atom is -0.508 e. The number of aliphatic hydroxyl groups excluding tert-OH is 1. The molecule has 1 aromatic carbocycles. The molecule has 14 heavy (non-hydrogen) atoms. The number of carbonyl (C=O) groups excluding carboxylic acids is 1. The van der Waals surface area contributed by atoms with Crippen LogP contribution < -0.4 is 0 Å².